The number of rotatable bonds is 25. The van der Waals surface area contributed by atoms with E-state index in [-0.39, 0.29) is 132 Å². The van der Waals surface area contributed by atoms with E-state index in [9.17, 15) is 33.6 Å². The predicted octanol–water partition coefficient (Wildman–Crippen LogP) is 9.37. The number of carbonyl (C=O) groups is 6. The fraction of sp³-hybridized carbons (Fsp3) is 0.608. The summed E-state index contributed by atoms with van der Waals surface area (Å²) in [5.74, 6) is -0.0925. The van der Waals surface area contributed by atoms with Crippen LogP contribution in [0.5, 0.6) is 23.0 Å². The van der Waals surface area contributed by atoms with Crippen LogP contribution in [0.25, 0.3) is 0 Å². The maximum atomic E-state index is 14.3. The number of nitrogens with zero attached hydrogens (tertiary/aromatic N) is 2. The van der Waals surface area contributed by atoms with Crippen molar-refractivity contribution >= 4 is 63.6 Å². The maximum Gasteiger partial charge on any atom is 0.411 e. The number of unbranched alkanes of at least 4 members (excludes halogenated alkanes) is 2. The van der Waals surface area contributed by atoms with Crippen LogP contribution in [0.15, 0.2) is 36.9 Å². The summed E-state index contributed by atoms with van der Waals surface area (Å²) in [6, 6.07) is 5.11. The van der Waals surface area contributed by atoms with Crippen LogP contribution in [0.1, 0.15) is 114 Å². The molecule has 4 amide bonds. The molecule has 0 aromatic heterocycles. The first-order valence-electron chi connectivity index (χ1n) is 24.5. The van der Waals surface area contributed by atoms with E-state index in [1.165, 1.54) is 54.4 Å². The number of hydrogen-bond donors (Lipinski definition) is 3. The molecule has 3 N–H and O–H groups in total. The zero-order chi connectivity index (χ0) is 52.9. The number of ether oxygens (including phenoxy) is 6. The van der Waals surface area contributed by atoms with Crippen LogP contribution in [-0.4, -0.2) is 139 Å². The van der Waals surface area contributed by atoms with Gasteiger partial charge in [-0.3, -0.25) is 29.8 Å². The molecule has 394 valence electrons. The van der Waals surface area contributed by atoms with Gasteiger partial charge in [-0.15, -0.1) is 0 Å². The molecule has 0 bridgehead atoms. The van der Waals surface area contributed by atoms with Gasteiger partial charge in [-0.1, -0.05) is 54.2 Å². The molecule has 2 aromatic carbocycles. The van der Waals surface area contributed by atoms with Crippen LogP contribution < -0.4 is 29.6 Å². The van der Waals surface area contributed by atoms with Crippen molar-refractivity contribution in [1.82, 2.24) is 9.80 Å². The highest BCUT2D eigenvalue weighted by atomic mass is 28.4. The molecule has 0 unspecified atom stereocenters. The predicted molar refractivity (Wildman–Crippen MR) is 276 cm³/mol. The number of benzene rings is 2. The summed E-state index contributed by atoms with van der Waals surface area (Å²) in [6.07, 6.45) is 3.70. The number of likely N-dealkylation sites (tertiary alicyclic amines) is 2. The molecule has 2 saturated heterocycles. The van der Waals surface area contributed by atoms with Gasteiger partial charge in [0.1, 0.15) is 6.61 Å². The summed E-state index contributed by atoms with van der Waals surface area (Å²) in [7, 11) is -1.86. The van der Waals surface area contributed by atoms with E-state index in [2.05, 4.69) is 51.1 Å². The molecule has 20 heteroatoms. The van der Waals surface area contributed by atoms with E-state index in [0.29, 0.717) is 38.5 Å². The lowest BCUT2D eigenvalue weighted by Crippen LogP contribution is -2.46. The Morgan fingerprint density at radius 2 is 1.21 bits per heavy atom. The molecular weight excluding hydrogens is 949 g/mol. The third kappa shape index (κ3) is 15.8. The van der Waals surface area contributed by atoms with Crippen LogP contribution in [-0.2, 0) is 23.5 Å². The van der Waals surface area contributed by atoms with Gasteiger partial charge in [-0.2, -0.15) is 0 Å². The largest absolute Gasteiger partial charge is 0.493 e. The summed E-state index contributed by atoms with van der Waals surface area (Å²) in [6.45, 7) is 24.4. The Morgan fingerprint density at radius 3 is 1.66 bits per heavy atom. The molecule has 2 aliphatic heterocycles. The number of ketones is 2. The lowest BCUT2D eigenvalue weighted by Gasteiger charge is -2.37. The lowest BCUT2D eigenvalue weighted by atomic mass is 10.00. The van der Waals surface area contributed by atoms with Gasteiger partial charge < -0.3 is 47.4 Å². The number of nitrogens with one attached hydrogen (secondary N) is 2. The van der Waals surface area contributed by atoms with Crippen molar-refractivity contribution in [3.8, 4) is 23.0 Å². The number of Topliss-reactive ketones (excluding diaryl/α,β-unsaturated/α-hetero) is 2. The molecule has 2 atom stereocenters. The highest BCUT2D eigenvalue weighted by Crippen LogP contribution is 2.43. The van der Waals surface area contributed by atoms with Crippen LogP contribution in [0, 0.1) is 0 Å². The average molecular weight is 1030 g/mol. The first kappa shape index (κ1) is 58.1. The minimum Gasteiger partial charge on any atom is -0.493 e. The Bertz CT molecular complexity index is 2240. The Balaban J connectivity index is 1.47. The van der Waals surface area contributed by atoms with Gasteiger partial charge in [0.15, 0.2) is 51.2 Å². The van der Waals surface area contributed by atoms with E-state index in [1.807, 2.05) is 33.9 Å². The van der Waals surface area contributed by atoms with Gasteiger partial charge >= 0.3 is 12.2 Å². The molecule has 4 rings (SSSR count). The van der Waals surface area contributed by atoms with Crippen LogP contribution in [0.4, 0.5) is 21.0 Å². The van der Waals surface area contributed by atoms with E-state index in [1.54, 1.807) is 0 Å². The van der Waals surface area contributed by atoms with E-state index < -0.39 is 46.7 Å². The molecule has 2 fully saturated rings. The zero-order valence-corrected chi connectivity index (χ0v) is 46.0. The number of hydrogen-bond acceptors (Lipinski definition) is 14. The molecule has 18 nitrogen and oxygen atoms in total. The SMILES string of the molecule is C=CCOC(=O)Nc1cc(OCCCCCOc2cc(NC(=O)OCCC)c(C(=O)N3CC(=O)C[C@H]3CCC(C)(C)[Si](C)(C)O)cc2OC)c(OC)cc1C(=O)N1CC(=O)C[C@H]1CO[Si](C)(C)C(C)(C)C. The third-order valence-electron chi connectivity index (χ3n) is 13.8. The second-order valence-corrected chi connectivity index (χ2v) is 30.1. The summed E-state index contributed by atoms with van der Waals surface area (Å²) in [4.78, 5) is 93.8. The molecule has 71 heavy (non-hydrogen) atoms. The summed E-state index contributed by atoms with van der Waals surface area (Å²) >= 11 is 0. The summed E-state index contributed by atoms with van der Waals surface area (Å²) in [5, 5.41) is 4.92. The van der Waals surface area contributed by atoms with E-state index >= 15 is 0 Å². The van der Waals surface area contributed by atoms with Gasteiger partial charge in [0, 0.05) is 31.0 Å². The molecule has 2 aliphatic rings. The highest BCUT2D eigenvalue weighted by molar-refractivity contribution is 6.74. The normalized spacial score (nSPS) is 16.4. The second kappa shape index (κ2) is 25.3. The standard InChI is InChI=1S/C51H78N4O14Si2/c1-14-21-67-48(60)52-40-29-44(42(63-8)27-38(40)46(58)54-31-36(56)25-34(54)19-20-51(6,7)70(10,11)62)65-23-17-16-18-24-66-45-30-41(53-49(61)68-22-15-2)39(28-43(45)64-9)47(59)55-32-37(57)26-35(55)33-69-71(12,13)50(3,4)5/h15,27-30,34-35,62H,2,14,16-26,31-33H2,1,3-13H3,(H,52,60)(H,53,61)/t34-,35+/m1/s1. The van der Waals surface area contributed by atoms with E-state index in [4.69, 9.17) is 32.8 Å². The van der Waals surface area contributed by atoms with Crippen molar-refractivity contribution in [3.63, 3.8) is 0 Å². The lowest BCUT2D eigenvalue weighted by molar-refractivity contribution is -0.117. The molecule has 0 saturated carbocycles. The first-order valence-corrected chi connectivity index (χ1v) is 30.3. The summed E-state index contributed by atoms with van der Waals surface area (Å²) < 4.78 is 40.5. The zero-order valence-electron chi connectivity index (χ0n) is 44.0. The Labute approximate surface area is 421 Å². The molecule has 2 aromatic rings. The van der Waals surface area contributed by atoms with Gasteiger partial charge in [0.2, 0.25) is 0 Å². The molecular formula is C51H78N4O14Si2. The van der Waals surface area contributed by atoms with Crippen molar-refractivity contribution in [2.75, 3.05) is 71.0 Å². The second-order valence-electron chi connectivity index (χ2n) is 20.8. The topological polar surface area (TPSA) is 218 Å². The molecule has 0 spiro atoms. The van der Waals surface area contributed by atoms with Crippen molar-refractivity contribution in [2.24, 2.45) is 0 Å². The number of carbonyl (C=O) groups excluding carboxylic acids is 6. The number of methoxy groups -OCH3 is 2. The maximum absolute atomic E-state index is 14.3. The highest BCUT2D eigenvalue weighted by Gasteiger charge is 2.43. The monoisotopic (exact) mass is 1030 g/mol. The minimum atomic E-state index is -2.54. The quantitative estimate of drug-likeness (QED) is 0.0480. The van der Waals surface area contributed by atoms with Crippen LogP contribution in [0.3, 0.4) is 0 Å². The van der Waals surface area contributed by atoms with Crippen molar-refractivity contribution in [2.45, 2.75) is 141 Å². The van der Waals surface area contributed by atoms with Gasteiger partial charge in [-0.05, 0) is 86.9 Å². The number of amides is 4. The van der Waals surface area contributed by atoms with Gasteiger partial charge in [-0.25, -0.2) is 9.59 Å². The summed E-state index contributed by atoms with van der Waals surface area (Å²) in [5.41, 5.74) is 0.429. The van der Waals surface area contributed by atoms with Crippen LogP contribution >= 0.6 is 0 Å². The fourth-order valence-electron chi connectivity index (χ4n) is 7.65. The Hall–Kier alpha value is -5.45. The van der Waals surface area contributed by atoms with Crippen molar-refractivity contribution in [3.05, 3.63) is 48.0 Å². The van der Waals surface area contributed by atoms with Gasteiger partial charge in [0.05, 0.1) is 82.3 Å². The van der Waals surface area contributed by atoms with Crippen molar-refractivity contribution < 1.29 is 66.4 Å². The average Bonchev–Trinajstić information content (AvgIpc) is 3.88. The van der Waals surface area contributed by atoms with E-state index in [0.717, 1.165) is 0 Å². The molecule has 0 radical (unpaired) electrons. The Morgan fingerprint density at radius 1 is 0.732 bits per heavy atom. The van der Waals surface area contributed by atoms with Crippen molar-refractivity contribution in [1.29, 1.82) is 0 Å². The third-order valence-corrected chi connectivity index (χ3v) is 21.9. The Kier molecular flexibility index (Phi) is 20.7. The number of anilines is 2. The first-order chi connectivity index (χ1) is 33.3. The minimum absolute atomic E-state index is 0.0659. The fourth-order valence-corrected chi connectivity index (χ4v) is 9.45. The molecule has 0 aliphatic carbocycles. The smallest absolute Gasteiger partial charge is 0.411 e. The van der Waals surface area contributed by atoms with Gasteiger partial charge in [0.25, 0.3) is 11.8 Å². The molecule has 2 heterocycles. The van der Waals surface area contributed by atoms with Crippen LogP contribution in [0.2, 0.25) is 36.3 Å².